The first-order valence-electron chi connectivity index (χ1n) is 3.99. The molecule has 0 heterocycles. The summed E-state index contributed by atoms with van der Waals surface area (Å²) in [6.07, 6.45) is 0. The Labute approximate surface area is 80.7 Å². The maximum absolute atomic E-state index is 13.1. The lowest BCUT2D eigenvalue weighted by Gasteiger charge is -2.04. The van der Waals surface area contributed by atoms with E-state index in [2.05, 4.69) is 5.32 Å². The monoisotopic (exact) mass is 205 g/mol. The average Bonchev–Trinajstić information content (AvgIpc) is 2.09. The summed E-state index contributed by atoms with van der Waals surface area (Å²) >= 11 is 5.38. The Morgan fingerprint density at radius 3 is 2.62 bits per heavy atom. The van der Waals surface area contributed by atoms with Gasteiger partial charge in [0.15, 0.2) is 0 Å². The van der Waals surface area contributed by atoms with E-state index in [0.29, 0.717) is 18.7 Å². The molecule has 0 atom stereocenters. The molecular weight excluding hydrogens is 196 g/mol. The van der Waals surface area contributed by atoms with E-state index in [9.17, 15) is 8.78 Å². The molecule has 1 rings (SSSR count). The topological polar surface area (TPSA) is 12.0 Å². The highest BCUT2D eigenvalue weighted by Crippen LogP contribution is 2.18. The molecule has 4 heteroatoms. The fourth-order valence-corrected chi connectivity index (χ4v) is 1.11. The molecule has 0 unspecified atom stereocenters. The van der Waals surface area contributed by atoms with E-state index in [1.54, 1.807) is 0 Å². The molecule has 0 spiro atoms. The molecule has 13 heavy (non-hydrogen) atoms. The van der Waals surface area contributed by atoms with Crippen molar-refractivity contribution in [3.05, 3.63) is 34.4 Å². The average molecular weight is 206 g/mol. The number of nitrogens with one attached hydrogen (secondary N) is 1. The lowest BCUT2D eigenvalue weighted by atomic mass is 10.2. The van der Waals surface area contributed by atoms with Crippen LogP contribution < -0.4 is 5.32 Å². The quantitative estimate of drug-likeness (QED) is 0.749. The van der Waals surface area contributed by atoms with Crippen LogP contribution in [0.25, 0.3) is 0 Å². The highest BCUT2D eigenvalue weighted by atomic mass is 35.5. The summed E-state index contributed by atoms with van der Waals surface area (Å²) in [4.78, 5) is 0. The van der Waals surface area contributed by atoms with Crippen LogP contribution >= 0.6 is 11.6 Å². The van der Waals surface area contributed by atoms with Gasteiger partial charge in [-0.1, -0.05) is 18.5 Å². The zero-order valence-corrected chi connectivity index (χ0v) is 7.96. The van der Waals surface area contributed by atoms with E-state index < -0.39 is 11.6 Å². The minimum atomic E-state index is -0.587. The van der Waals surface area contributed by atoms with Gasteiger partial charge >= 0.3 is 0 Å². The molecule has 0 saturated heterocycles. The van der Waals surface area contributed by atoms with Crippen molar-refractivity contribution in [1.29, 1.82) is 0 Å². The summed E-state index contributed by atoms with van der Waals surface area (Å²) < 4.78 is 25.9. The van der Waals surface area contributed by atoms with Gasteiger partial charge in [0.1, 0.15) is 11.6 Å². The van der Waals surface area contributed by atoms with E-state index in [1.165, 1.54) is 0 Å². The Morgan fingerprint density at radius 1 is 1.31 bits per heavy atom. The first-order chi connectivity index (χ1) is 6.15. The molecule has 1 nitrogen and oxygen atoms in total. The van der Waals surface area contributed by atoms with Crippen LogP contribution in [-0.4, -0.2) is 6.54 Å². The number of halogens is 3. The molecule has 1 N–H and O–H groups in total. The lowest BCUT2D eigenvalue weighted by Crippen LogP contribution is -2.13. The van der Waals surface area contributed by atoms with E-state index in [4.69, 9.17) is 11.6 Å². The van der Waals surface area contributed by atoms with Crippen molar-refractivity contribution in [1.82, 2.24) is 5.32 Å². The molecule has 0 saturated carbocycles. The molecule has 0 aromatic heterocycles. The third kappa shape index (κ3) is 2.64. The molecule has 1 aromatic carbocycles. The van der Waals surface area contributed by atoms with Gasteiger partial charge in [-0.2, -0.15) is 0 Å². The molecule has 0 bridgehead atoms. The molecule has 0 aliphatic rings. The molecule has 0 fully saturated rings. The normalized spacial score (nSPS) is 10.5. The second-order valence-corrected chi connectivity index (χ2v) is 3.05. The molecular formula is C9H10ClF2N. The van der Waals surface area contributed by atoms with E-state index in [-0.39, 0.29) is 5.02 Å². The summed E-state index contributed by atoms with van der Waals surface area (Å²) in [5.41, 5.74) is 0.295. The van der Waals surface area contributed by atoms with Crippen LogP contribution in [0.4, 0.5) is 8.78 Å². The highest BCUT2D eigenvalue weighted by molar-refractivity contribution is 6.30. The Balaban J connectivity index is 2.88. The van der Waals surface area contributed by atoms with Crippen molar-refractivity contribution in [3.8, 4) is 0 Å². The summed E-state index contributed by atoms with van der Waals surface area (Å²) in [5.74, 6) is -1.07. The maximum atomic E-state index is 13.1. The Hall–Kier alpha value is -0.670. The predicted octanol–water partition coefficient (Wildman–Crippen LogP) is 2.73. The summed E-state index contributed by atoms with van der Waals surface area (Å²) in [6, 6.07) is 2.10. The number of hydrogen-bond acceptors (Lipinski definition) is 1. The van der Waals surface area contributed by atoms with E-state index >= 15 is 0 Å². The Morgan fingerprint density at radius 2 is 2.00 bits per heavy atom. The predicted molar refractivity (Wildman–Crippen MR) is 48.7 cm³/mol. The van der Waals surface area contributed by atoms with Gasteiger partial charge in [-0.05, 0) is 18.7 Å². The molecule has 0 amide bonds. The standard InChI is InChI=1S/C9H10ClF2N/c1-2-13-5-6-3-9(12)7(10)4-8(6)11/h3-4,13H,2,5H2,1H3. The Bertz CT molecular complexity index is 302. The highest BCUT2D eigenvalue weighted by Gasteiger charge is 2.07. The van der Waals surface area contributed by atoms with Gasteiger partial charge in [-0.3, -0.25) is 0 Å². The molecule has 0 radical (unpaired) electrons. The van der Waals surface area contributed by atoms with Gasteiger partial charge < -0.3 is 5.32 Å². The van der Waals surface area contributed by atoms with Crippen LogP contribution in [0.1, 0.15) is 12.5 Å². The van der Waals surface area contributed by atoms with Gasteiger partial charge in [-0.15, -0.1) is 0 Å². The number of rotatable bonds is 3. The molecule has 0 aliphatic carbocycles. The van der Waals surface area contributed by atoms with Crippen LogP contribution in [0, 0.1) is 11.6 Å². The van der Waals surface area contributed by atoms with Crippen molar-refractivity contribution < 1.29 is 8.78 Å². The smallest absolute Gasteiger partial charge is 0.142 e. The third-order valence-electron chi connectivity index (χ3n) is 1.65. The first kappa shape index (κ1) is 10.4. The lowest BCUT2D eigenvalue weighted by molar-refractivity contribution is 0.573. The van der Waals surface area contributed by atoms with Gasteiger partial charge in [0, 0.05) is 12.1 Å². The van der Waals surface area contributed by atoms with Crippen molar-refractivity contribution >= 4 is 11.6 Å². The zero-order valence-electron chi connectivity index (χ0n) is 7.20. The first-order valence-corrected chi connectivity index (χ1v) is 4.37. The van der Waals surface area contributed by atoms with Gasteiger partial charge in [0.2, 0.25) is 0 Å². The van der Waals surface area contributed by atoms with Crippen LogP contribution in [-0.2, 0) is 6.54 Å². The zero-order chi connectivity index (χ0) is 9.84. The van der Waals surface area contributed by atoms with Crippen molar-refractivity contribution in [2.24, 2.45) is 0 Å². The van der Waals surface area contributed by atoms with Crippen LogP contribution in [0.3, 0.4) is 0 Å². The van der Waals surface area contributed by atoms with E-state index in [1.807, 2.05) is 6.92 Å². The second kappa shape index (κ2) is 4.53. The second-order valence-electron chi connectivity index (χ2n) is 2.64. The SMILES string of the molecule is CCNCc1cc(F)c(Cl)cc1F. The molecule has 72 valence electrons. The van der Waals surface area contributed by atoms with Gasteiger partial charge in [0.25, 0.3) is 0 Å². The van der Waals surface area contributed by atoms with Crippen LogP contribution in [0.5, 0.6) is 0 Å². The number of benzene rings is 1. The summed E-state index contributed by atoms with van der Waals surface area (Å²) in [6.45, 7) is 2.92. The fraction of sp³-hybridized carbons (Fsp3) is 0.333. The summed E-state index contributed by atoms with van der Waals surface area (Å²) in [7, 11) is 0. The minimum Gasteiger partial charge on any atom is -0.313 e. The van der Waals surface area contributed by atoms with Crippen molar-refractivity contribution in [2.45, 2.75) is 13.5 Å². The fourth-order valence-electron chi connectivity index (χ4n) is 0.959. The Kier molecular flexibility index (Phi) is 3.63. The third-order valence-corrected chi connectivity index (χ3v) is 1.94. The van der Waals surface area contributed by atoms with Gasteiger partial charge in [-0.25, -0.2) is 8.78 Å². The minimum absolute atomic E-state index is 0.183. The van der Waals surface area contributed by atoms with Crippen LogP contribution in [0.15, 0.2) is 12.1 Å². The largest absolute Gasteiger partial charge is 0.313 e. The maximum Gasteiger partial charge on any atom is 0.142 e. The van der Waals surface area contributed by atoms with Crippen molar-refractivity contribution in [2.75, 3.05) is 6.54 Å². The molecule has 0 aliphatic heterocycles. The van der Waals surface area contributed by atoms with Crippen molar-refractivity contribution in [3.63, 3.8) is 0 Å². The van der Waals surface area contributed by atoms with E-state index in [0.717, 1.165) is 12.1 Å². The van der Waals surface area contributed by atoms with Gasteiger partial charge in [0.05, 0.1) is 5.02 Å². The molecule has 1 aromatic rings. The van der Waals surface area contributed by atoms with Crippen LogP contribution in [0.2, 0.25) is 5.02 Å². The summed E-state index contributed by atoms with van der Waals surface area (Å²) in [5, 5.41) is 2.72. The number of hydrogen-bond donors (Lipinski definition) is 1.